The first kappa shape index (κ1) is 24.3. The molecule has 0 spiro atoms. The Kier molecular flexibility index (Phi) is 7.43. The van der Waals surface area contributed by atoms with Crippen LogP contribution in [0.3, 0.4) is 0 Å². The molecule has 0 fully saturated rings. The van der Waals surface area contributed by atoms with Crippen LogP contribution < -0.4 is 14.8 Å². The van der Waals surface area contributed by atoms with Crippen molar-refractivity contribution in [2.24, 2.45) is 0 Å². The number of anilines is 2. The molecule has 2 N–H and O–H groups in total. The van der Waals surface area contributed by atoms with Gasteiger partial charge in [0.25, 0.3) is 15.9 Å². The molecule has 0 aromatic heterocycles. The summed E-state index contributed by atoms with van der Waals surface area (Å²) in [5, 5.41) is 2.81. The molecule has 33 heavy (non-hydrogen) atoms. The molecule has 0 aliphatic heterocycles. The second-order valence-electron chi connectivity index (χ2n) is 8.22. The van der Waals surface area contributed by atoms with E-state index in [2.05, 4.69) is 10.0 Å². The minimum atomic E-state index is -3.76. The van der Waals surface area contributed by atoms with Crippen LogP contribution in [0.4, 0.5) is 11.4 Å². The Bertz CT molecular complexity index is 1250. The van der Waals surface area contributed by atoms with Crippen LogP contribution in [0.1, 0.15) is 35.6 Å². The summed E-state index contributed by atoms with van der Waals surface area (Å²) in [6, 6.07) is 17.5. The summed E-state index contributed by atoms with van der Waals surface area (Å²) >= 11 is 0. The summed E-state index contributed by atoms with van der Waals surface area (Å²) in [6.07, 6.45) is -0.175. The zero-order valence-corrected chi connectivity index (χ0v) is 20.4. The molecule has 0 aliphatic rings. The van der Waals surface area contributed by atoms with Gasteiger partial charge in [-0.3, -0.25) is 9.52 Å². The second kappa shape index (κ2) is 10.1. The minimum absolute atomic E-state index is 0.111. The summed E-state index contributed by atoms with van der Waals surface area (Å²) in [5.41, 5.74) is 4.85. The van der Waals surface area contributed by atoms with Crippen molar-refractivity contribution in [1.82, 2.24) is 0 Å². The minimum Gasteiger partial charge on any atom is -0.480 e. The highest BCUT2D eigenvalue weighted by Crippen LogP contribution is 2.24. The van der Waals surface area contributed by atoms with E-state index in [-0.39, 0.29) is 10.8 Å². The molecule has 6 nitrogen and oxygen atoms in total. The standard InChI is InChI=1S/C26H30N2O4S/c1-6-24(32-25-16-18(3)8-10-20(25)5)26(29)27-21-11-13-22(14-12-21)33(30,31)28-23-15-17(2)7-9-19(23)4/h7-16,24,28H,6H2,1-5H3,(H,27,29)/t24-/m0/s1. The van der Waals surface area contributed by atoms with Crippen LogP contribution in [0.2, 0.25) is 0 Å². The van der Waals surface area contributed by atoms with Crippen LogP contribution in [-0.2, 0) is 14.8 Å². The van der Waals surface area contributed by atoms with E-state index in [1.54, 1.807) is 18.2 Å². The van der Waals surface area contributed by atoms with E-state index in [0.717, 1.165) is 22.3 Å². The van der Waals surface area contributed by atoms with Gasteiger partial charge >= 0.3 is 0 Å². The van der Waals surface area contributed by atoms with Crippen LogP contribution in [0, 0.1) is 27.7 Å². The topological polar surface area (TPSA) is 84.5 Å². The second-order valence-corrected chi connectivity index (χ2v) is 9.90. The quantitative estimate of drug-likeness (QED) is 0.458. The van der Waals surface area contributed by atoms with E-state index < -0.39 is 16.1 Å². The smallest absolute Gasteiger partial charge is 0.265 e. The third-order valence-electron chi connectivity index (χ3n) is 5.35. The maximum absolute atomic E-state index is 12.8. The normalized spacial score (nSPS) is 12.2. The van der Waals surface area contributed by atoms with Crippen molar-refractivity contribution in [2.45, 2.75) is 52.0 Å². The molecule has 0 radical (unpaired) electrons. The fraction of sp³-hybridized carbons (Fsp3) is 0.269. The molecule has 0 heterocycles. The highest BCUT2D eigenvalue weighted by Gasteiger charge is 2.20. The highest BCUT2D eigenvalue weighted by molar-refractivity contribution is 7.92. The lowest BCUT2D eigenvalue weighted by atomic mass is 10.1. The molecule has 7 heteroatoms. The van der Waals surface area contributed by atoms with Gasteiger partial charge in [0.05, 0.1) is 10.6 Å². The van der Waals surface area contributed by atoms with E-state index in [9.17, 15) is 13.2 Å². The summed E-state index contributed by atoms with van der Waals surface area (Å²) in [4.78, 5) is 12.9. The number of carbonyl (C=O) groups is 1. The van der Waals surface area contributed by atoms with Crippen molar-refractivity contribution in [2.75, 3.05) is 10.0 Å². The molecular formula is C26H30N2O4S. The van der Waals surface area contributed by atoms with E-state index in [0.29, 0.717) is 23.5 Å². The van der Waals surface area contributed by atoms with Gasteiger partial charge in [-0.05, 0) is 92.8 Å². The lowest BCUT2D eigenvalue weighted by Gasteiger charge is -2.19. The Morgan fingerprint density at radius 3 is 2.12 bits per heavy atom. The average molecular weight is 467 g/mol. The first-order valence-corrected chi connectivity index (χ1v) is 12.3. The number of nitrogens with one attached hydrogen (secondary N) is 2. The maximum Gasteiger partial charge on any atom is 0.265 e. The lowest BCUT2D eigenvalue weighted by molar-refractivity contribution is -0.122. The van der Waals surface area contributed by atoms with E-state index in [1.165, 1.54) is 12.1 Å². The first-order valence-electron chi connectivity index (χ1n) is 10.8. The number of benzene rings is 3. The maximum atomic E-state index is 12.8. The molecule has 0 unspecified atom stereocenters. The Morgan fingerprint density at radius 2 is 1.48 bits per heavy atom. The number of rotatable bonds is 8. The fourth-order valence-corrected chi connectivity index (χ4v) is 4.42. The third kappa shape index (κ3) is 6.14. The fourth-order valence-electron chi connectivity index (χ4n) is 3.30. The Hall–Kier alpha value is -3.32. The van der Waals surface area contributed by atoms with Crippen molar-refractivity contribution in [1.29, 1.82) is 0 Å². The Morgan fingerprint density at radius 1 is 0.879 bits per heavy atom. The van der Waals surface area contributed by atoms with E-state index in [4.69, 9.17) is 4.74 Å². The van der Waals surface area contributed by atoms with Gasteiger partial charge < -0.3 is 10.1 Å². The largest absolute Gasteiger partial charge is 0.480 e. The number of aryl methyl sites for hydroxylation is 4. The van der Waals surface area contributed by atoms with Crippen molar-refractivity contribution >= 4 is 27.3 Å². The van der Waals surface area contributed by atoms with Gasteiger partial charge in [-0.25, -0.2) is 8.42 Å². The van der Waals surface area contributed by atoms with Gasteiger partial charge in [0.1, 0.15) is 5.75 Å². The Balaban J connectivity index is 1.70. The number of carbonyl (C=O) groups excluding carboxylic acids is 1. The van der Waals surface area contributed by atoms with Gasteiger partial charge in [-0.15, -0.1) is 0 Å². The number of ether oxygens (including phenoxy) is 1. The van der Waals surface area contributed by atoms with Crippen LogP contribution in [0.25, 0.3) is 0 Å². The number of amides is 1. The summed E-state index contributed by atoms with van der Waals surface area (Å²) < 4.78 is 34.2. The molecule has 1 atom stereocenters. The van der Waals surface area contributed by atoms with Crippen molar-refractivity contribution in [3.8, 4) is 5.75 Å². The molecule has 174 valence electrons. The highest BCUT2D eigenvalue weighted by atomic mass is 32.2. The van der Waals surface area contributed by atoms with Gasteiger partial charge in [0.2, 0.25) is 0 Å². The molecular weight excluding hydrogens is 436 g/mol. The van der Waals surface area contributed by atoms with Gasteiger partial charge in [0.15, 0.2) is 6.10 Å². The number of sulfonamides is 1. The van der Waals surface area contributed by atoms with Crippen LogP contribution in [0.5, 0.6) is 5.75 Å². The zero-order valence-electron chi connectivity index (χ0n) is 19.6. The third-order valence-corrected chi connectivity index (χ3v) is 6.73. The summed E-state index contributed by atoms with van der Waals surface area (Å²) in [6.45, 7) is 9.54. The van der Waals surface area contributed by atoms with Crippen LogP contribution in [0.15, 0.2) is 65.6 Å². The summed E-state index contributed by atoms with van der Waals surface area (Å²) in [7, 11) is -3.76. The molecule has 0 aliphatic carbocycles. The molecule has 3 aromatic carbocycles. The molecule has 0 bridgehead atoms. The number of hydrogen-bond donors (Lipinski definition) is 2. The molecule has 1 amide bonds. The van der Waals surface area contributed by atoms with Gasteiger partial charge in [-0.1, -0.05) is 31.2 Å². The van der Waals surface area contributed by atoms with Crippen molar-refractivity contribution < 1.29 is 17.9 Å². The molecule has 3 rings (SSSR count). The molecule has 0 saturated carbocycles. The SMILES string of the molecule is CC[C@H](Oc1cc(C)ccc1C)C(=O)Nc1ccc(S(=O)(=O)Nc2cc(C)ccc2C)cc1. The van der Waals surface area contributed by atoms with Crippen molar-refractivity contribution in [3.63, 3.8) is 0 Å². The predicted octanol–water partition coefficient (Wildman–Crippen LogP) is 5.52. The van der Waals surface area contributed by atoms with Gasteiger partial charge in [-0.2, -0.15) is 0 Å². The lowest BCUT2D eigenvalue weighted by Crippen LogP contribution is -2.32. The average Bonchev–Trinajstić information content (AvgIpc) is 2.77. The van der Waals surface area contributed by atoms with E-state index >= 15 is 0 Å². The predicted molar refractivity (Wildman–Crippen MR) is 132 cm³/mol. The zero-order chi connectivity index (χ0) is 24.2. The van der Waals surface area contributed by atoms with E-state index in [1.807, 2.05) is 65.0 Å². The monoisotopic (exact) mass is 466 g/mol. The molecule has 3 aromatic rings. The Labute approximate surface area is 196 Å². The van der Waals surface area contributed by atoms with Crippen molar-refractivity contribution in [3.05, 3.63) is 82.9 Å². The first-order chi connectivity index (χ1) is 15.6. The number of hydrogen-bond acceptors (Lipinski definition) is 4. The van der Waals surface area contributed by atoms with Crippen LogP contribution >= 0.6 is 0 Å². The van der Waals surface area contributed by atoms with Crippen LogP contribution in [-0.4, -0.2) is 20.4 Å². The molecule has 0 saturated heterocycles. The summed E-state index contributed by atoms with van der Waals surface area (Å²) in [5.74, 6) is 0.387. The van der Waals surface area contributed by atoms with Gasteiger partial charge in [0, 0.05) is 5.69 Å².